The molecule has 5 N–H and O–H groups in total. The van der Waals surface area contributed by atoms with E-state index in [1.54, 1.807) is 51.1 Å². The third kappa shape index (κ3) is 8.55. The molecule has 11 heteroatoms. The zero-order valence-corrected chi connectivity index (χ0v) is 24.0. The number of fused-ring (bicyclic) bond motifs is 1. The van der Waals surface area contributed by atoms with Crippen molar-refractivity contribution in [1.29, 1.82) is 0 Å². The molecule has 0 saturated heterocycles. The van der Waals surface area contributed by atoms with Crippen LogP contribution in [0.25, 0.3) is 10.9 Å². The van der Waals surface area contributed by atoms with Gasteiger partial charge in [0.05, 0.1) is 0 Å². The van der Waals surface area contributed by atoms with Gasteiger partial charge in [0.15, 0.2) is 0 Å². The molecule has 3 amide bonds. The number of nitrogens with one attached hydrogen (secondary N) is 4. The van der Waals surface area contributed by atoms with E-state index in [9.17, 15) is 28.7 Å². The Morgan fingerprint density at radius 2 is 1.71 bits per heavy atom. The standard InChI is InChI=1S/C31H37FN4O6/c1-31(2,3)42-30(41)33-17-19-4-8-20(9-5-19)27(37)36-25(14-18-6-10-22(32)11-7-18)28(38)34-23-12-13-24-21(15-23)16-26(35-24)29(39)40/h6-7,10-13,15-16,19-20,25,35H,4-5,8-9,14,17H2,1-3H3,(H,33,41)(H,34,38)(H,36,37)(H,39,40)/t19?,20?,25-/m0/s1. The second-order valence-electron chi connectivity index (χ2n) is 11.8. The van der Waals surface area contributed by atoms with Crippen molar-refractivity contribution in [3.63, 3.8) is 0 Å². The maximum Gasteiger partial charge on any atom is 0.407 e. The summed E-state index contributed by atoms with van der Waals surface area (Å²) in [5.41, 5.74) is 1.19. The quantitative estimate of drug-likeness (QED) is 0.240. The Morgan fingerprint density at radius 3 is 2.36 bits per heavy atom. The van der Waals surface area contributed by atoms with Crippen LogP contribution < -0.4 is 16.0 Å². The number of anilines is 1. The summed E-state index contributed by atoms with van der Waals surface area (Å²) < 4.78 is 18.8. The van der Waals surface area contributed by atoms with Crippen molar-refractivity contribution in [2.45, 2.75) is 64.5 Å². The van der Waals surface area contributed by atoms with E-state index in [2.05, 4.69) is 20.9 Å². The monoisotopic (exact) mass is 580 g/mol. The lowest BCUT2D eigenvalue weighted by Gasteiger charge is -2.29. The molecule has 10 nitrogen and oxygen atoms in total. The molecule has 1 aliphatic rings. The predicted molar refractivity (Wildman–Crippen MR) is 156 cm³/mol. The van der Waals surface area contributed by atoms with Gasteiger partial charge in [0, 0.05) is 35.5 Å². The molecule has 0 unspecified atom stereocenters. The molecule has 1 fully saturated rings. The first-order valence-electron chi connectivity index (χ1n) is 14.0. The number of amides is 3. The summed E-state index contributed by atoms with van der Waals surface area (Å²) in [5.74, 6) is -2.23. The van der Waals surface area contributed by atoms with Gasteiger partial charge in [-0.1, -0.05) is 12.1 Å². The Hall–Kier alpha value is -4.41. The minimum absolute atomic E-state index is 0.0327. The van der Waals surface area contributed by atoms with Gasteiger partial charge >= 0.3 is 12.1 Å². The number of halogens is 1. The molecule has 1 atom stereocenters. The molecule has 1 heterocycles. The molecule has 4 rings (SSSR count). The first-order valence-corrected chi connectivity index (χ1v) is 14.0. The molecule has 0 bridgehead atoms. The molecular formula is C31H37FN4O6. The van der Waals surface area contributed by atoms with Crippen LogP contribution in [0.4, 0.5) is 14.9 Å². The Kier molecular flexibility index (Phi) is 9.49. The molecule has 2 aromatic carbocycles. The van der Waals surface area contributed by atoms with Crippen molar-refractivity contribution in [2.24, 2.45) is 11.8 Å². The molecule has 42 heavy (non-hydrogen) atoms. The number of H-pyrrole nitrogens is 1. The first kappa shape index (κ1) is 30.5. The molecule has 224 valence electrons. The molecule has 3 aromatic rings. The van der Waals surface area contributed by atoms with Crippen molar-refractivity contribution in [1.82, 2.24) is 15.6 Å². The summed E-state index contributed by atoms with van der Waals surface area (Å²) in [6.07, 6.45) is 2.42. The number of alkyl carbamates (subject to hydrolysis) is 1. The van der Waals surface area contributed by atoms with Crippen LogP contribution in [0.5, 0.6) is 0 Å². The summed E-state index contributed by atoms with van der Waals surface area (Å²) in [7, 11) is 0. The van der Waals surface area contributed by atoms with Crippen LogP contribution in [0.15, 0.2) is 48.5 Å². The number of hydrogen-bond donors (Lipinski definition) is 5. The molecule has 1 saturated carbocycles. The average Bonchev–Trinajstić information content (AvgIpc) is 3.36. The van der Waals surface area contributed by atoms with Crippen LogP contribution in [-0.4, -0.2) is 52.2 Å². The molecule has 0 radical (unpaired) electrons. The predicted octanol–water partition coefficient (Wildman–Crippen LogP) is 5.00. The number of benzene rings is 2. The van der Waals surface area contributed by atoms with Crippen molar-refractivity contribution in [3.8, 4) is 0 Å². The molecule has 0 spiro atoms. The van der Waals surface area contributed by atoms with Gasteiger partial charge in [-0.3, -0.25) is 9.59 Å². The summed E-state index contributed by atoms with van der Waals surface area (Å²) in [4.78, 5) is 52.7. The number of aromatic amines is 1. The average molecular weight is 581 g/mol. The maximum atomic E-state index is 13.5. The van der Waals surface area contributed by atoms with E-state index in [1.807, 2.05) is 0 Å². The minimum atomic E-state index is -1.09. The van der Waals surface area contributed by atoms with Gasteiger partial charge in [-0.25, -0.2) is 14.0 Å². The van der Waals surface area contributed by atoms with Gasteiger partial charge in [-0.2, -0.15) is 0 Å². The number of carboxylic acid groups (broad SMARTS) is 1. The van der Waals surface area contributed by atoms with Crippen LogP contribution in [0.2, 0.25) is 0 Å². The molecule has 1 aromatic heterocycles. The largest absolute Gasteiger partial charge is 0.477 e. The Balaban J connectivity index is 1.38. The Labute approximate surface area is 243 Å². The lowest BCUT2D eigenvalue weighted by Crippen LogP contribution is -2.48. The van der Waals surface area contributed by atoms with E-state index < -0.39 is 35.4 Å². The highest BCUT2D eigenvalue weighted by molar-refractivity contribution is 6.00. The minimum Gasteiger partial charge on any atom is -0.477 e. The third-order valence-corrected chi connectivity index (χ3v) is 7.26. The van der Waals surface area contributed by atoms with Gasteiger partial charge in [-0.05, 0) is 94.3 Å². The van der Waals surface area contributed by atoms with Crippen LogP contribution in [0, 0.1) is 17.7 Å². The fraction of sp³-hybridized carbons (Fsp3) is 0.419. The molecular weight excluding hydrogens is 543 g/mol. The van der Waals surface area contributed by atoms with Crippen molar-refractivity contribution >= 4 is 40.5 Å². The van der Waals surface area contributed by atoms with Gasteiger partial charge in [0.2, 0.25) is 11.8 Å². The number of rotatable bonds is 9. The summed E-state index contributed by atoms with van der Waals surface area (Å²) in [5, 5.41) is 18.4. The number of carbonyl (C=O) groups excluding carboxylic acids is 3. The lowest BCUT2D eigenvalue weighted by atomic mass is 9.81. The van der Waals surface area contributed by atoms with Crippen molar-refractivity contribution in [2.75, 3.05) is 11.9 Å². The maximum absolute atomic E-state index is 13.5. The smallest absolute Gasteiger partial charge is 0.407 e. The highest BCUT2D eigenvalue weighted by Crippen LogP contribution is 2.29. The van der Waals surface area contributed by atoms with E-state index in [4.69, 9.17) is 4.74 Å². The Morgan fingerprint density at radius 1 is 1.02 bits per heavy atom. The third-order valence-electron chi connectivity index (χ3n) is 7.26. The van der Waals surface area contributed by atoms with Crippen LogP contribution >= 0.6 is 0 Å². The van der Waals surface area contributed by atoms with Gasteiger partial charge in [0.1, 0.15) is 23.2 Å². The second-order valence-corrected chi connectivity index (χ2v) is 11.8. The highest BCUT2D eigenvalue weighted by Gasteiger charge is 2.30. The number of ether oxygens (including phenoxy) is 1. The highest BCUT2D eigenvalue weighted by atomic mass is 19.1. The topological polar surface area (TPSA) is 150 Å². The lowest BCUT2D eigenvalue weighted by molar-refractivity contribution is -0.130. The zero-order chi connectivity index (χ0) is 30.4. The summed E-state index contributed by atoms with van der Waals surface area (Å²) in [6, 6.07) is 11.3. The normalized spacial score (nSPS) is 17.7. The van der Waals surface area contributed by atoms with E-state index in [0.29, 0.717) is 41.5 Å². The van der Waals surface area contributed by atoms with Crippen LogP contribution in [0.3, 0.4) is 0 Å². The fourth-order valence-corrected chi connectivity index (χ4v) is 5.08. The molecule has 0 aliphatic heterocycles. The van der Waals surface area contributed by atoms with Gasteiger partial charge < -0.3 is 30.8 Å². The number of carbonyl (C=O) groups is 4. The zero-order valence-electron chi connectivity index (χ0n) is 24.0. The van der Waals surface area contributed by atoms with E-state index in [0.717, 1.165) is 12.8 Å². The van der Waals surface area contributed by atoms with Crippen molar-refractivity contribution in [3.05, 3.63) is 65.6 Å². The van der Waals surface area contributed by atoms with E-state index in [1.165, 1.54) is 18.2 Å². The SMILES string of the molecule is CC(C)(C)OC(=O)NCC1CCC(C(=O)N[C@@H](Cc2ccc(F)cc2)C(=O)Nc2ccc3[nH]c(C(=O)O)cc3c2)CC1. The van der Waals surface area contributed by atoms with Gasteiger partial charge in [0.25, 0.3) is 0 Å². The second kappa shape index (κ2) is 13.1. The van der Waals surface area contributed by atoms with Gasteiger partial charge in [-0.15, -0.1) is 0 Å². The van der Waals surface area contributed by atoms with E-state index in [-0.39, 0.29) is 29.9 Å². The Bertz CT molecular complexity index is 1440. The summed E-state index contributed by atoms with van der Waals surface area (Å²) in [6.45, 7) is 5.88. The fourth-order valence-electron chi connectivity index (χ4n) is 5.08. The number of hydrogen-bond acceptors (Lipinski definition) is 5. The summed E-state index contributed by atoms with van der Waals surface area (Å²) >= 11 is 0. The van der Waals surface area contributed by atoms with Crippen LogP contribution in [-0.2, 0) is 20.7 Å². The van der Waals surface area contributed by atoms with Crippen molar-refractivity contribution < 1.29 is 33.4 Å². The van der Waals surface area contributed by atoms with E-state index >= 15 is 0 Å². The molecule has 1 aliphatic carbocycles. The first-order chi connectivity index (χ1) is 19.9. The van der Waals surface area contributed by atoms with Crippen LogP contribution in [0.1, 0.15) is 62.5 Å². The number of aromatic carboxylic acids is 1. The number of aromatic nitrogens is 1. The number of carboxylic acids is 1.